The van der Waals surface area contributed by atoms with Crippen LogP contribution in [0.25, 0.3) is 0 Å². The van der Waals surface area contributed by atoms with Crippen molar-refractivity contribution in [3.05, 3.63) is 86.9 Å². The van der Waals surface area contributed by atoms with Gasteiger partial charge < -0.3 is 19.9 Å². The van der Waals surface area contributed by atoms with Crippen molar-refractivity contribution in [3.8, 4) is 11.5 Å². The van der Waals surface area contributed by atoms with Gasteiger partial charge >= 0.3 is 5.97 Å². The van der Waals surface area contributed by atoms with Crippen molar-refractivity contribution in [1.29, 1.82) is 0 Å². The summed E-state index contributed by atoms with van der Waals surface area (Å²) >= 11 is 12.5. The summed E-state index contributed by atoms with van der Waals surface area (Å²) in [5.41, 5.74) is 3.61. The summed E-state index contributed by atoms with van der Waals surface area (Å²) in [6.45, 7) is 2.63. The Morgan fingerprint density at radius 3 is 2.57 bits per heavy atom. The maximum absolute atomic E-state index is 11.2. The Hall–Kier alpha value is -2.89. The van der Waals surface area contributed by atoms with Crippen molar-refractivity contribution in [2.45, 2.75) is 20.1 Å². The number of halogens is 2. The minimum Gasteiger partial charge on any atom is -0.493 e. The molecular weight excluding hydrogens is 425 g/mol. The Morgan fingerprint density at radius 2 is 1.87 bits per heavy atom. The highest BCUT2D eigenvalue weighted by atomic mass is 35.5. The number of methoxy groups -OCH3 is 1. The molecule has 0 bridgehead atoms. The van der Waals surface area contributed by atoms with Gasteiger partial charge in [-0.1, -0.05) is 41.4 Å². The molecule has 3 aromatic carbocycles. The largest absolute Gasteiger partial charge is 0.493 e. The molecule has 30 heavy (non-hydrogen) atoms. The first-order chi connectivity index (χ1) is 14.4. The Kier molecular flexibility index (Phi) is 7.08. The zero-order chi connectivity index (χ0) is 21.7. The minimum atomic E-state index is -0.973. The lowest BCUT2D eigenvalue weighted by atomic mass is 10.1. The van der Waals surface area contributed by atoms with Crippen molar-refractivity contribution in [2.75, 3.05) is 12.4 Å². The van der Waals surface area contributed by atoms with E-state index in [2.05, 4.69) is 5.32 Å². The molecule has 0 aliphatic carbocycles. The van der Waals surface area contributed by atoms with E-state index in [1.54, 1.807) is 43.5 Å². The number of hydrogen-bond donors (Lipinski definition) is 2. The van der Waals surface area contributed by atoms with Gasteiger partial charge in [-0.2, -0.15) is 0 Å². The summed E-state index contributed by atoms with van der Waals surface area (Å²) in [7, 11) is 1.56. The predicted octanol–water partition coefficient (Wildman–Crippen LogP) is 6.20. The molecule has 0 saturated heterocycles. The van der Waals surface area contributed by atoms with Gasteiger partial charge in [0.05, 0.1) is 12.7 Å². The maximum Gasteiger partial charge on any atom is 0.335 e. The zero-order valence-corrected chi connectivity index (χ0v) is 18.1. The topological polar surface area (TPSA) is 67.8 Å². The van der Waals surface area contributed by atoms with Crippen molar-refractivity contribution >= 4 is 34.9 Å². The maximum atomic E-state index is 11.2. The molecule has 0 heterocycles. The molecule has 0 atom stereocenters. The fourth-order valence-corrected chi connectivity index (χ4v) is 3.34. The molecule has 0 aliphatic rings. The van der Waals surface area contributed by atoms with Crippen molar-refractivity contribution in [3.63, 3.8) is 0 Å². The molecule has 7 heteroatoms. The van der Waals surface area contributed by atoms with Crippen molar-refractivity contribution in [2.24, 2.45) is 0 Å². The molecule has 156 valence electrons. The molecule has 0 aromatic heterocycles. The average molecular weight is 446 g/mol. The van der Waals surface area contributed by atoms with Gasteiger partial charge in [-0.3, -0.25) is 0 Å². The molecule has 2 N–H and O–H groups in total. The Morgan fingerprint density at radius 1 is 1.07 bits per heavy atom. The summed E-state index contributed by atoms with van der Waals surface area (Å²) in [5.74, 6) is 0.100. The number of carbonyl (C=O) groups is 1. The van der Waals surface area contributed by atoms with E-state index in [9.17, 15) is 9.90 Å². The van der Waals surface area contributed by atoms with Gasteiger partial charge in [-0.05, 0) is 53.9 Å². The summed E-state index contributed by atoms with van der Waals surface area (Å²) < 4.78 is 11.3. The summed E-state index contributed by atoms with van der Waals surface area (Å²) in [6, 6.07) is 15.9. The highest BCUT2D eigenvalue weighted by molar-refractivity contribution is 6.31. The number of benzene rings is 3. The number of aryl methyl sites for hydroxylation is 1. The van der Waals surface area contributed by atoms with E-state index in [1.807, 2.05) is 25.1 Å². The van der Waals surface area contributed by atoms with Crippen LogP contribution in [0, 0.1) is 6.92 Å². The zero-order valence-electron chi connectivity index (χ0n) is 16.5. The molecule has 0 aliphatic heterocycles. The first-order valence-electron chi connectivity index (χ1n) is 9.19. The molecule has 0 radical (unpaired) electrons. The van der Waals surface area contributed by atoms with E-state index in [0.717, 1.165) is 22.4 Å². The molecule has 0 spiro atoms. The number of aromatic carboxylic acids is 1. The molecule has 0 fully saturated rings. The van der Waals surface area contributed by atoms with E-state index < -0.39 is 5.97 Å². The quantitative estimate of drug-likeness (QED) is 0.431. The number of nitrogens with one attached hydrogen (secondary N) is 1. The van der Waals surface area contributed by atoms with E-state index in [1.165, 1.54) is 0 Å². The third kappa shape index (κ3) is 5.38. The first-order valence-corrected chi connectivity index (χ1v) is 9.94. The number of rotatable bonds is 8. The van der Waals surface area contributed by atoms with E-state index in [0.29, 0.717) is 34.7 Å². The molecular formula is C23H21Cl2NO4. The highest BCUT2D eigenvalue weighted by Crippen LogP contribution is 2.34. The lowest BCUT2D eigenvalue weighted by molar-refractivity contribution is 0.0697. The van der Waals surface area contributed by atoms with Crippen molar-refractivity contribution in [1.82, 2.24) is 0 Å². The van der Waals surface area contributed by atoms with E-state index >= 15 is 0 Å². The van der Waals surface area contributed by atoms with Gasteiger partial charge in [-0.25, -0.2) is 4.79 Å². The normalized spacial score (nSPS) is 10.5. The van der Waals surface area contributed by atoms with Crippen LogP contribution in [0.3, 0.4) is 0 Å². The second kappa shape index (κ2) is 9.74. The second-order valence-corrected chi connectivity index (χ2v) is 7.55. The number of carboxylic acids is 1. The van der Waals surface area contributed by atoms with Gasteiger partial charge in [0.25, 0.3) is 0 Å². The van der Waals surface area contributed by atoms with Crippen LogP contribution in [0.1, 0.15) is 27.0 Å². The average Bonchev–Trinajstić information content (AvgIpc) is 2.72. The monoisotopic (exact) mass is 445 g/mol. The summed E-state index contributed by atoms with van der Waals surface area (Å²) in [4.78, 5) is 11.2. The minimum absolute atomic E-state index is 0.219. The van der Waals surface area contributed by atoms with Crippen LogP contribution >= 0.6 is 23.2 Å². The number of ether oxygens (including phenoxy) is 2. The molecule has 3 rings (SSSR count). The smallest absolute Gasteiger partial charge is 0.335 e. The Labute approximate surface area is 185 Å². The SMILES string of the molecule is COc1cc(CNc2cc(C(=O)O)ccc2C)c(Cl)cc1OCc1cccc(Cl)c1. The van der Waals surface area contributed by atoms with Crippen molar-refractivity contribution < 1.29 is 19.4 Å². The molecule has 0 amide bonds. The number of anilines is 1. The predicted molar refractivity (Wildman–Crippen MR) is 119 cm³/mol. The van der Waals surface area contributed by atoms with Crippen LogP contribution in [-0.4, -0.2) is 18.2 Å². The van der Waals surface area contributed by atoms with Gasteiger partial charge in [0, 0.05) is 28.3 Å². The van der Waals surface area contributed by atoms with Crippen LogP contribution in [0.2, 0.25) is 10.0 Å². The lowest BCUT2D eigenvalue weighted by Crippen LogP contribution is -2.05. The lowest BCUT2D eigenvalue weighted by Gasteiger charge is -2.16. The highest BCUT2D eigenvalue weighted by Gasteiger charge is 2.12. The van der Waals surface area contributed by atoms with E-state index in [-0.39, 0.29) is 5.56 Å². The van der Waals surface area contributed by atoms with Crippen LogP contribution < -0.4 is 14.8 Å². The molecule has 5 nitrogen and oxygen atoms in total. The van der Waals surface area contributed by atoms with Crippen LogP contribution in [-0.2, 0) is 13.2 Å². The van der Waals surface area contributed by atoms with Gasteiger partial charge in [0.2, 0.25) is 0 Å². The molecule has 0 saturated carbocycles. The summed E-state index contributed by atoms with van der Waals surface area (Å²) in [6.07, 6.45) is 0. The fourth-order valence-electron chi connectivity index (χ4n) is 2.91. The third-order valence-corrected chi connectivity index (χ3v) is 5.16. The summed E-state index contributed by atoms with van der Waals surface area (Å²) in [5, 5.41) is 13.6. The van der Waals surface area contributed by atoms with Gasteiger partial charge in [-0.15, -0.1) is 0 Å². The second-order valence-electron chi connectivity index (χ2n) is 6.70. The van der Waals surface area contributed by atoms with Crippen LogP contribution in [0.15, 0.2) is 54.6 Å². The third-order valence-electron chi connectivity index (χ3n) is 4.57. The standard InChI is InChI=1S/C23H21Cl2NO4/c1-14-6-7-16(23(27)28)9-20(14)26-12-17-10-21(29-2)22(11-19(17)25)30-13-15-4-3-5-18(24)8-15/h3-11,26H,12-13H2,1-2H3,(H,27,28). The van der Waals surface area contributed by atoms with E-state index in [4.69, 9.17) is 32.7 Å². The molecule has 0 unspecified atom stereocenters. The van der Waals surface area contributed by atoms with Crippen LogP contribution in [0.4, 0.5) is 5.69 Å². The first kappa shape index (κ1) is 21.8. The fraction of sp³-hybridized carbons (Fsp3) is 0.174. The van der Waals surface area contributed by atoms with Crippen LogP contribution in [0.5, 0.6) is 11.5 Å². The van der Waals surface area contributed by atoms with Gasteiger partial charge in [0.1, 0.15) is 6.61 Å². The number of hydrogen-bond acceptors (Lipinski definition) is 4. The Balaban J connectivity index is 1.75. The molecule has 3 aromatic rings. The van der Waals surface area contributed by atoms with Gasteiger partial charge in [0.15, 0.2) is 11.5 Å². The Bertz CT molecular complexity index is 1070. The number of carboxylic acid groups (broad SMARTS) is 1.